The number of nitrogen functional groups attached to an aromatic ring is 1. The van der Waals surface area contributed by atoms with E-state index in [0.29, 0.717) is 10.4 Å². The van der Waals surface area contributed by atoms with Gasteiger partial charge in [-0.3, -0.25) is 4.79 Å². The van der Waals surface area contributed by atoms with Crippen LogP contribution >= 0.6 is 11.3 Å². The Kier molecular flexibility index (Phi) is 3.69. The first-order valence-electron chi connectivity index (χ1n) is 5.69. The van der Waals surface area contributed by atoms with Gasteiger partial charge in [0.1, 0.15) is 15.9 Å². The van der Waals surface area contributed by atoms with Crippen LogP contribution in [0.25, 0.3) is 0 Å². The molecule has 7 heteroatoms. The molecule has 0 aromatic carbocycles. The van der Waals surface area contributed by atoms with Crippen molar-refractivity contribution >= 4 is 27.9 Å². The van der Waals surface area contributed by atoms with Gasteiger partial charge in [0.2, 0.25) is 0 Å². The van der Waals surface area contributed by atoms with E-state index in [-0.39, 0.29) is 11.6 Å². The molecule has 0 bridgehead atoms. The molecule has 2 heterocycles. The second-order valence-electron chi connectivity index (χ2n) is 3.95. The van der Waals surface area contributed by atoms with Gasteiger partial charge in [-0.1, -0.05) is 0 Å². The van der Waals surface area contributed by atoms with Crippen LogP contribution in [0.2, 0.25) is 0 Å². The summed E-state index contributed by atoms with van der Waals surface area (Å²) in [4.78, 5) is 14.4. The SMILES string of the molecule is CNC(=O)c1c(N2CCNCC2)sc(C#N)c1N. The van der Waals surface area contributed by atoms with Crippen molar-refractivity contribution in [3.05, 3.63) is 10.4 Å². The number of carbonyl (C=O) groups excluding carboxylic acids is 1. The average molecular weight is 265 g/mol. The Labute approximate surface area is 109 Å². The summed E-state index contributed by atoms with van der Waals surface area (Å²) in [6.07, 6.45) is 0. The van der Waals surface area contributed by atoms with Crippen LogP contribution in [0.5, 0.6) is 0 Å². The van der Waals surface area contributed by atoms with E-state index in [1.807, 2.05) is 6.07 Å². The first kappa shape index (κ1) is 12.7. The highest BCUT2D eigenvalue weighted by Gasteiger charge is 2.25. The first-order valence-corrected chi connectivity index (χ1v) is 6.50. The maximum Gasteiger partial charge on any atom is 0.256 e. The molecule has 1 fully saturated rings. The van der Waals surface area contributed by atoms with Crippen molar-refractivity contribution in [2.45, 2.75) is 0 Å². The smallest absolute Gasteiger partial charge is 0.256 e. The lowest BCUT2D eigenvalue weighted by Gasteiger charge is -2.28. The largest absolute Gasteiger partial charge is 0.396 e. The van der Waals surface area contributed by atoms with E-state index < -0.39 is 0 Å². The second kappa shape index (κ2) is 5.25. The molecule has 96 valence electrons. The number of thiophene rings is 1. The predicted molar refractivity (Wildman–Crippen MR) is 71.9 cm³/mol. The molecule has 1 aromatic rings. The van der Waals surface area contributed by atoms with Gasteiger partial charge in [-0.25, -0.2) is 0 Å². The monoisotopic (exact) mass is 265 g/mol. The van der Waals surface area contributed by atoms with Crippen molar-refractivity contribution < 1.29 is 4.79 Å². The molecule has 0 radical (unpaired) electrons. The number of nitrogens with one attached hydrogen (secondary N) is 2. The van der Waals surface area contributed by atoms with E-state index >= 15 is 0 Å². The third kappa shape index (κ3) is 2.12. The van der Waals surface area contributed by atoms with E-state index in [2.05, 4.69) is 15.5 Å². The molecule has 0 atom stereocenters. The minimum atomic E-state index is -0.237. The Balaban J connectivity index is 2.45. The Hall–Kier alpha value is -1.78. The lowest BCUT2D eigenvalue weighted by Crippen LogP contribution is -2.43. The van der Waals surface area contributed by atoms with E-state index in [0.717, 1.165) is 31.2 Å². The van der Waals surface area contributed by atoms with Gasteiger partial charge in [-0.2, -0.15) is 5.26 Å². The number of anilines is 2. The van der Waals surface area contributed by atoms with Crippen LogP contribution < -0.4 is 21.3 Å². The number of nitrogens with zero attached hydrogens (tertiary/aromatic N) is 2. The van der Waals surface area contributed by atoms with Crippen molar-refractivity contribution in [1.82, 2.24) is 10.6 Å². The molecule has 1 aliphatic rings. The molecule has 4 N–H and O–H groups in total. The minimum absolute atomic E-state index is 0.237. The number of carbonyl (C=O) groups is 1. The lowest BCUT2D eigenvalue weighted by atomic mass is 10.2. The van der Waals surface area contributed by atoms with Crippen molar-refractivity contribution in [2.75, 3.05) is 43.9 Å². The van der Waals surface area contributed by atoms with Gasteiger partial charge in [0.05, 0.1) is 11.3 Å². The van der Waals surface area contributed by atoms with Crippen LogP contribution in [0, 0.1) is 11.3 Å². The molecule has 0 saturated carbocycles. The Bertz CT molecular complexity index is 498. The minimum Gasteiger partial charge on any atom is -0.396 e. The molecule has 1 aromatic heterocycles. The molecule has 2 rings (SSSR count). The molecule has 0 unspecified atom stereocenters. The van der Waals surface area contributed by atoms with Crippen molar-refractivity contribution in [1.29, 1.82) is 5.26 Å². The third-order valence-electron chi connectivity index (χ3n) is 2.89. The Morgan fingerprint density at radius 1 is 1.56 bits per heavy atom. The molecule has 0 spiro atoms. The van der Waals surface area contributed by atoms with Crippen LogP contribution in [0.3, 0.4) is 0 Å². The number of nitriles is 1. The van der Waals surface area contributed by atoms with Gasteiger partial charge in [-0.15, -0.1) is 11.3 Å². The molecule has 6 nitrogen and oxygen atoms in total. The highest BCUT2D eigenvalue weighted by atomic mass is 32.1. The zero-order valence-corrected chi connectivity index (χ0v) is 10.9. The van der Waals surface area contributed by atoms with Gasteiger partial charge < -0.3 is 21.3 Å². The lowest BCUT2D eigenvalue weighted by molar-refractivity contribution is 0.0965. The van der Waals surface area contributed by atoms with Crippen LogP contribution in [0.15, 0.2) is 0 Å². The summed E-state index contributed by atoms with van der Waals surface area (Å²) in [7, 11) is 1.56. The fraction of sp³-hybridized carbons (Fsp3) is 0.455. The standard InChI is InChI=1S/C11H15N5OS/c1-14-10(17)8-9(13)7(6-12)18-11(8)16-4-2-15-3-5-16/h15H,2-5,13H2,1H3,(H,14,17). The number of hydrogen-bond donors (Lipinski definition) is 3. The number of amides is 1. The molecule has 1 amide bonds. The topological polar surface area (TPSA) is 94.2 Å². The van der Waals surface area contributed by atoms with Crippen LogP contribution in [0.4, 0.5) is 10.7 Å². The van der Waals surface area contributed by atoms with Crippen LogP contribution in [-0.2, 0) is 0 Å². The second-order valence-corrected chi connectivity index (χ2v) is 4.95. The molecule has 18 heavy (non-hydrogen) atoms. The fourth-order valence-electron chi connectivity index (χ4n) is 1.95. The van der Waals surface area contributed by atoms with Crippen molar-refractivity contribution in [3.8, 4) is 6.07 Å². The highest BCUT2D eigenvalue weighted by Crippen LogP contribution is 2.37. The third-order valence-corrected chi connectivity index (χ3v) is 4.06. The van der Waals surface area contributed by atoms with E-state index in [4.69, 9.17) is 11.0 Å². The summed E-state index contributed by atoms with van der Waals surface area (Å²) < 4.78 is 0. The summed E-state index contributed by atoms with van der Waals surface area (Å²) in [6, 6.07) is 2.05. The van der Waals surface area contributed by atoms with Gasteiger partial charge in [-0.05, 0) is 0 Å². The van der Waals surface area contributed by atoms with Gasteiger partial charge in [0, 0.05) is 33.2 Å². The predicted octanol–water partition coefficient (Wildman–Crippen LogP) is -0.0288. The number of rotatable bonds is 2. The number of hydrogen-bond acceptors (Lipinski definition) is 6. The fourth-order valence-corrected chi connectivity index (χ4v) is 3.02. The first-order chi connectivity index (χ1) is 8.69. The number of piperazine rings is 1. The van der Waals surface area contributed by atoms with E-state index in [1.165, 1.54) is 11.3 Å². The van der Waals surface area contributed by atoms with Crippen molar-refractivity contribution in [2.24, 2.45) is 0 Å². The molecular formula is C11H15N5OS. The van der Waals surface area contributed by atoms with Crippen molar-refractivity contribution in [3.63, 3.8) is 0 Å². The molecular weight excluding hydrogens is 250 g/mol. The van der Waals surface area contributed by atoms with E-state index in [9.17, 15) is 4.79 Å². The average Bonchev–Trinajstić information content (AvgIpc) is 2.76. The summed E-state index contributed by atoms with van der Waals surface area (Å²) in [5, 5.41) is 15.6. The van der Waals surface area contributed by atoms with Gasteiger partial charge in [0.15, 0.2) is 0 Å². The molecule has 1 saturated heterocycles. The van der Waals surface area contributed by atoms with Crippen LogP contribution in [-0.4, -0.2) is 39.1 Å². The summed E-state index contributed by atoms with van der Waals surface area (Å²) in [6.45, 7) is 3.36. The Morgan fingerprint density at radius 3 is 2.78 bits per heavy atom. The van der Waals surface area contributed by atoms with Crippen LogP contribution in [0.1, 0.15) is 15.2 Å². The van der Waals surface area contributed by atoms with E-state index in [1.54, 1.807) is 7.05 Å². The summed E-state index contributed by atoms with van der Waals surface area (Å²) >= 11 is 1.29. The summed E-state index contributed by atoms with van der Waals surface area (Å²) in [5.41, 5.74) is 6.60. The maximum atomic E-state index is 11.9. The Morgan fingerprint density at radius 2 is 2.22 bits per heavy atom. The van der Waals surface area contributed by atoms with Gasteiger partial charge >= 0.3 is 0 Å². The molecule has 1 aliphatic heterocycles. The maximum absolute atomic E-state index is 11.9. The quantitative estimate of drug-likeness (QED) is 0.698. The van der Waals surface area contributed by atoms with Gasteiger partial charge in [0.25, 0.3) is 5.91 Å². The summed E-state index contributed by atoms with van der Waals surface area (Å²) in [5.74, 6) is -0.237. The normalized spacial score (nSPS) is 15.2. The number of nitrogens with two attached hydrogens (primary N) is 1. The zero-order chi connectivity index (χ0) is 13.1. The zero-order valence-electron chi connectivity index (χ0n) is 10.1. The molecule has 0 aliphatic carbocycles. The highest BCUT2D eigenvalue weighted by molar-refractivity contribution is 7.17.